The van der Waals surface area contributed by atoms with Crippen LogP contribution in [0, 0.1) is 6.92 Å². The molecule has 20 heavy (non-hydrogen) atoms. The summed E-state index contributed by atoms with van der Waals surface area (Å²) in [6, 6.07) is 7.91. The maximum atomic E-state index is 11.5. The molecule has 0 saturated carbocycles. The van der Waals surface area contributed by atoms with Crippen molar-refractivity contribution in [3.05, 3.63) is 46.2 Å². The molecule has 1 atom stereocenters. The van der Waals surface area contributed by atoms with Gasteiger partial charge in [-0.3, -0.25) is 4.79 Å². The van der Waals surface area contributed by atoms with E-state index in [0.29, 0.717) is 11.4 Å². The molecule has 0 bridgehead atoms. The second kappa shape index (κ2) is 6.13. The number of aliphatic carboxylic acids is 1. The second-order valence-electron chi connectivity index (χ2n) is 5.23. The predicted octanol–water partition coefficient (Wildman–Crippen LogP) is 3.38. The van der Waals surface area contributed by atoms with E-state index in [-0.39, 0.29) is 5.92 Å². The van der Waals surface area contributed by atoms with Crippen LogP contribution in [0.25, 0.3) is 0 Å². The van der Waals surface area contributed by atoms with Crippen LogP contribution in [0.1, 0.15) is 47.6 Å². The van der Waals surface area contributed by atoms with Crippen molar-refractivity contribution in [2.24, 2.45) is 0 Å². The van der Waals surface area contributed by atoms with E-state index in [4.69, 9.17) is 0 Å². The molecule has 1 N–H and O–H groups in total. The number of aryl methyl sites for hydroxylation is 1. The molecule has 0 aliphatic heterocycles. The van der Waals surface area contributed by atoms with Gasteiger partial charge >= 0.3 is 5.97 Å². The summed E-state index contributed by atoms with van der Waals surface area (Å²) < 4.78 is 4.25. The van der Waals surface area contributed by atoms with E-state index in [2.05, 4.69) is 9.36 Å². The summed E-state index contributed by atoms with van der Waals surface area (Å²) in [5.74, 6) is -0.534. The van der Waals surface area contributed by atoms with E-state index in [1.807, 2.05) is 45.0 Å². The van der Waals surface area contributed by atoms with E-state index in [9.17, 15) is 9.90 Å². The Hall–Kier alpha value is -1.75. The monoisotopic (exact) mass is 290 g/mol. The van der Waals surface area contributed by atoms with Crippen LogP contribution in [-0.2, 0) is 11.2 Å². The molecule has 0 radical (unpaired) electrons. The Kier molecular flexibility index (Phi) is 4.49. The molecule has 0 aliphatic rings. The summed E-state index contributed by atoms with van der Waals surface area (Å²) in [7, 11) is 0. The molecule has 1 heterocycles. The Morgan fingerprint density at radius 1 is 1.40 bits per heavy atom. The zero-order chi connectivity index (χ0) is 14.7. The van der Waals surface area contributed by atoms with Crippen molar-refractivity contribution in [3.8, 4) is 0 Å². The van der Waals surface area contributed by atoms with Crippen LogP contribution in [0.15, 0.2) is 24.3 Å². The molecule has 0 fully saturated rings. The van der Waals surface area contributed by atoms with Gasteiger partial charge in [-0.15, -0.1) is 0 Å². The number of carboxylic acid groups (broad SMARTS) is 1. The van der Waals surface area contributed by atoms with Gasteiger partial charge in [0.15, 0.2) is 0 Å². The first-order valence-corrected chi connectivity index (χ1v) is 7.36. The smallest absolute Gasteiger partial charge is 0.313 e. The number of carboxylic acids is 1. The van der Waals surface area contributed by atoms with Crippen molar-refractivity contribution < 1.29 is 9.90 Å². The number of benzene rings is 1. The van der Waals surface area contributed by atoms with Gasteiger partial charge in [0, 0.05) is 5.92 Å². The second-order valence-corrected chi connectivity index (χ2v) is 6.01. The summed E-state index contributed by atoms with van der Waals surface area (Å²) >= 11 is 1.20. The number of hydrogen-bond acceptors (Lipinski definition) is 4. The summed E-state index contributed by atoms with van der Waals surface area (Å²) in [6.45, 7) is 6.01. The van der Waals surface area contributed by atoms with Gasteiger partial charge in [-0.2, -0.15) is 4.37 Å². The zero-order valence-electron chi connectivity index (χ0n) is 11.8. The lowest BCUT2D eigenvalue weighted by atomic mass is 9.99. The summed E-state index contributed by atoms with van der Waals surface area (Å²) in [4.78, 5) is 15.9. The fourth-order valence-electron chi connectivity index (χ4n) is 1.98. The minimum Gasteiger partial charge on any atom is -0.481 e. The molecule has 4 nitrogen and oxygen atoms in total. The molecule has 5 heteroatoms. The Bertz CT molecular complexity index is 607. The molecule has 0 aliphatic carbocycles. The van der Waals surface area contributed by atoms with Crippen LogP contribution < -0.4 is 0 Å². The highest BCUT2D eigenvalue weighted by atomic mass is 32.1. The van der Waals surface area contributed by atoms with E-state index in [1.165, 1.54) is 11.5 Å². The standard InChI is InChI=1S/C15H18N2O2S/c1-9(2)13-16-14(20-17-13)12(15(18)19)8-11-6-4-5-10(3)7-11/h4-7,9,12H,8H2,1-3H3,(H,18,19). The molecule has 106 valence electrons. The van der Waals surface area contributed by atoms with Gasteiger partial charge in [0.25, 0.3) is 0 Å². The van der Waals surface area contributed by atoms with Crippen LogP contribution in [0.5, 0.6) is 0 Å². The van der Waals surface area contributed by atoms with Crippen LogP contribution in [0.4, 0.5) is 0 Å². The molecule has 1 unspecified atom stereocenters. The Morgan fingerprint density at radius 2 is 2.15 bits per heavy atom. The van der Waals surface area contributed by atoms with Crippen LogP contribution >= 0.6 is 11.5 Å². The van der Waals surface area contributed by atoms with Crippen molar-refractivity contribution in [1.82, 2.24) is 9.36 Å². The maximum Gasteiger partial charge on any atom is 0.313 e. The predicted molar refractivity (Wildman–Crippen MR) is 79.3 cm³/mol. The number of nitrogens with zero attached hydrogens (tertiary/aromatic N) is 2. The minimum atomic E-state index is -0.849. The number of aromatic nitrogens is 2. The minimum absolute atomic E-state index is 0.216. The van der Waals surface area contributed by atoms with Crippen LogP contribution in [0.2, 0.25) is 0 Å². The Balaban J connectivity index is 2.24. The van der Waals surface area contributed by atoms with E-state index >= 15 is 0 Å². The average Bonchev–Trinajstić information content (AvgIpc) is 2.85. The maximum absolute atomic E-state index is 11.5. The molecule has 0 saturated heterocycles. The first-order valence-electron chi connectivity index (χ1n) is 6.59. The molecular formula is C15H18N2O2S. The van der Waals surface area contributed by atoms with Gasteiger partial charge < -0.3 is 5.11 Å². The van der Waals surface area contributed by atoms with Gasteiger partial charge in [0.1, 0.15) is 16.7 Å². The van der Waals surface area contributed by atoms with Crippen molar-refractivity contribution in [2.45, 2.75) is 39.0 Å². The number of hydrogen-bond donors (Lipinski definition) is 1. The van der Waals surface area contributed by atoms with Gasteiger partial charge in [0.2, 0.25) is 0 Å². The fourth-order valence-corrected chi connectivity index (χ4v) is 2.86. The van der Waals surface area contributed by atoms with E-state index < -0.39 is 11.9 Å². The molecule has 0 spiro atoms. The van der Waals surface area contributed by atoms with E-state index in [1.54, 1.807) is 0 Å². The molecule has 1 aromatic carbocycles. The van der Waals surface area contributed by atoms with Crippen molar-refractivity contribution >= 4 is 17.5 Å². The molecule has 1 aromatic heterocycles. The van der Waals surface area contributed by atoms with Gasteiger partial charge in [0.05, 0.1) is 0 Å². The molecule has 0 amide bonds. The van der Waals surface area contributed by atoms with Gasteiger partial charge in [-0.1, -0.05) is 43.7 Å². The first kappa shape index (κ1) is 14.7. The Labute approximate surface area is 122 Å². The van der Waals surface area contributed by atoms with Gasteiger partial charge in [-0.05, 0) is 30.4 Å². The van der Waals surface area contributed by atoms with Crippen LogP contribution in [-0.4, -0.2) is 20.4 Å². The molecule has 2 rings (SSSR count). The van der Waals surface area contributed by atoms with Crippen molar-refractivity contribution in [2.75, 3.05) is 0 Å². The summed E-state index contributed by atoms with van der Waals surface area (Å²) in [5, 5.41) is 10.0. The first-order chi connectivity index (χ1) is 9.47. The van der Waals surface area contributed by atoms with Gasteiger partial charge in [-0.25, -0.2) is 4.98 Å². The molecular weight excluding hydrogens is 272 g/mol. The highest BCUT2D eigenvalue weighted by Gasteiger charge is 2.25. The zero-order valence-corrected chi connectivity index (χ0v) is 12.6. The van der Waals surface area contributed by atoms with E-state index in [0.717, 1.165) is 17.0 Å². The van der Waals surface area contributed by atoms with Crippen molar-refractivity contribution in [1.29, 1.82) is 0 Å². The molecule has 2 aromatic rings. The SMILES string of the molecule is Cc1cccc(CC(C(=O)O)c2nc(C(C)C)ns2)c1. The third-order valence-electron chi connectivity index (χ3n) is 3.09. The number of rotatable bonds is 5. The third kappa shape index (κ3) is 3.42. The Morgan fingerprint density at radius 3 is 2.70 bits per heavy atom. The third-order valence-corrected chi connectivity index (χ3v) is 3.93. The van der Waals surface area contributed by atoms with Crippen LogP contribution in [0.3, 0.4) is 0 Å². The topological polar surface area (TPSA) is 63.1 Å². The normalized spacial score (nSPS) is 12.6. The summed E-state index contributed by atoms with van der Waals surface area (Å²) in [5.41, 5.74) is 2.14. The highest BCUT2D eigenvalue weighted by molar-refractivity contribution is 7.05. The largest absolute Gasteiger partial charge is 0.481 e. The number of carbonyl (C=O) groups is 1. The highest BCUT2D eigenvalue weighted by Crippen LogP contribution is 2.25. The lowest BCUT2D eigenvalue weighted by Crippen LogP contribution is -2.14. The lowest BCUT2D eigenvalue weighted by molar-refractivity contribution is -0.138. The lowest BCUT2D eigenvalue weighted by Gasteiger charge is -2.09. The van der Waals surface area contributed by atoms with Crippen molar-refractivity contribution in [3.63, 3.8) is 0 Å². The quantitative estimate of drug-likeness (QED) is 0.917. The summed E-state index contributed by atoms with van der Waals surface area (Å²) in [6.07, 6.45) is 0.448. The fraction of sp³-hybridized carbons (Fsp3) is 0.400. The average molecular weight is 290 g/mol.